The fraction of sp³-hybridized carbons (Fsp3) is 0.200. The summed E-state index contributed by atoms with van der Waals surface area (Å²) >= 11 is 4.39. The second-order valence-corrected chi connectivity index (χ2v) is 3.63. The first-order chi connectivity index (χ1) is 7.89. The van der Waals surface area contributed by atoms with E-state index in [1.807, 2.05) is 5.43 Å². The Morgan fingerprint density at radius 2 is 1.88 bits per heavy atom. The first kappa shape index (κ1) is 13.4. The summed E-state index contributed by atoms with van der Waals surface area (Å²) in [4.78, 5) is 0. The zero-order valence-electron chi connectivity index (χ0n) is 8.66. The van der Waals surface area contributed by atoms with Crippen molar-refractivity contribution < 1.29 is 13.2 Å². The highest BCUT2D eigenvalue weighted by molar-refractivity contribution is 7.80. The number of nitrogens with one attached hydrogen (secondary N) is 1. The van der Waals surface area contributed by atoms with Gasteiger partial charge in [0, 0.05) is 6.42 Å². The minimum absolute atomic E-state index is 0.306. The fourth-order valence-electron chi connectivity index (χ4n) is 1.11. The van der Waals surface area contributed by atoms with Crippen LogP contribution in [0.4, 0.5) is 13.2 Å². The third-order valence-corrected chi connectivity index (χ3v) is 1.93. The van der Waals surface area contributed by atoms with Gasteiger partial charge in [0.1, 0.15) is 5.71 Å². The Bertz CT molecular complexity index is 415. The molecule has 0 aliphatic carbocycles. The van der Waals surface area contributed by atoms with Gasteiger partial charge in [-0.2, -0.15) is 18.3 Å². The molecule has 3 nitrogen and oxygen atoms in total. The third kappa shape index (κ3) is 4.81. The summed E-state index contributed by atoms with van der Waals surface area (Å²) in [6, 6.07) is 8.21. The highest BCUT2D eigenvalue weighted by Crippen LogP contribution is 2.20. The molecule has 0 bridgehead atoms. The Morgan fingerprint density at radius 1 is 1.29 bits per heavy atom. The van der Waals surface area contributed by atoms with Crippen molar-refractivity contribution in [3.8, 4) is 0 Å². The molecule has 0 saturated heterocycles. The molecule has 0 unspecified atom stereocenters. The van der Waals surface area contributed by atoms with Crippen LogP contribution in [-0.4, -0.2) is 17.0 Å². The van der Waals surface area contributed by atoms with E-state index in [-0.39, 0.29) is 11.5 Å². The van der Waals surface area contributed by atoms with Crippen LogP contribution in [0.1, 0.15) is 5.56 Å². The van der Waals surface area contributed by atoms with Crippen LogP contribution in [0.5, 0.6) is 0 Å². The number of thiocarbonyl (C=S) groups is 1. The minimum atomic E-state index is -4.52. The average Bonchev–Trinajstić information content (AvgIpc) is 2.23. The molecule has 1 aromatic rings. The summed E-state index contributed by atoms with van der Waals surface area (Å²) in [7, 11) is 0. The fourth-order valence-corrected chi connectivity index (χ4v) is 1.16. The van der Waals surface area contributed by atoms with Gasteiger partial charge in [0.05, 0.1) is 0 Å². The topological polar surface area (TPSA) is 50.4 Å². The van der Waals surface area contributed by atoms with E-state index in [0.717, 1.165) is 0 Å². The quantitative estimate of drug-likeness (QED) is 0.497. The van der Waals surface area contributed by atoms with Crippen LogP contribution in [0.3, 0.4) is 0 Å². The van der Waals surface area contributed by atoms with Crippen molar-refractivity contribution in [2.45, 2.75) is 12.6 Å². The Labute approximate surface area is 102 Å². The second kappa shape index (κ2) is 5.62. The van der Waals surface area contributed by atoms with Gasteiger partial charge in [-0.3, -0.25) is 5.43 Å². The van der Waals surface area contributed by atoms with Crippen molar-refractivity contribution in [1.82, 2.24) is 5.43 Å². The maximum Gasteiger partial charge on any atom is 0.431 e. The summed E-state index contributed by atoms with van der Waals surface area (Å²) in [5.74, 6) is 0. The lowest BCUT2D eigenvalue weighted by Crippen LogP contribution is -2.31. The Kier molecular flexibility index (Phi) is 4.45. The molecular weight excluding hydrogens is 251 g/mol. The van der Waals surface area contributed by atoms with Gasteiger partial charge in [0.25, 0.3) is 0 Å². The van der Waals surface area contributed by atoms with Crippen molar-refractivity contribution in [2.24, 2.45) is 10.8 Å². The number of hydrazone groups is 1. The molecule has 92 valence electrons. The molecule has 0 spiro atoms. The lowest BCUT2D eigenvalue weighted by molar-refractivity contribution is -0.0604. The molecule has 0 aliphatic rings. The minimum Gasteiger partial charge on any atom is -0.375 e. The largest absolute Gasteiger partial charge is 0.431 e. The number of halogens is 3. The van der Waals surface area contributed by atoms with Gasteiger partial charge < -0.3 is 5.73 Å². The van der Waals surface area contributed by atoms with E-state index in [1.165, 1.54) is 0 Å². The van der Waals surface area contributed by atoms with Crippen molar-refractivity contribution >= 4 is 23.0 Å². The van der Waals surface area contributed by atoms with Gasteiger partial charge >= 0.3 is 6.18 Å². The molecule has 0 saturated carbocycles. The Morgan fingerprint density at radius 3 is 2.35 bits per heavy atom. The molecule has 0 amide bonds. The molecule has 0 heterocycles. The molecule has 1 aromatic carbocycles. The number of rotatable bonds is 3. The van der Waals surface area contributed by atoms with E-state index in [4.69, 9.17) is 5.73 Å². The van der Waals surface area contributed by atoms with E-state index in [9.17, 15) is 13.2 Å². The first-order valence-corrected chi connectivity index (χ1v) is 5.03. The molecule has 0 aromatic heterocycles. The predicted octanol–water partition coefficient (Wildman–Crippen LogP) is 1.98. The monoisotopic (exact) mass is 261 g/mol. The molecule has 0 radical (unpaired) electrons. The number of nitrogens with zero attached hydrogens (tertiary/aromatic N) is 1. The maximum absolute atomic E-state index is 12.6. The van der Waals surface area contributed by atoms with Gasteiger partial charge in [-0.15, -0.1) is 0 Å². The summed E-state index contributed by atoms with van der Waals surface area (Å²) in [6.07, 6.45) is -4.85. The van der Waals surface area contributed by atoms with E-state index in [1.54, 1.807) is 30.3 Å². The zero-order chi connectivity index (χ0) is 12.9. The number of hydrogen-bond donors (Lipinski definition) is 2. The van der Waals surface area contributed by atoms with E-state index in [2.05, 4.69) is 17.3 Å². The van der Waals surface area contributed by atoms with Crippen LogP contribution in [0.15, 0.2) is 35.4 Å². The SMILES string of the molecule is NC(=S)NN=C(Cc1ccccc1)C(F)(F)F. The maximum atomic E-state index is 12.6. The van der Waals surface area contributed by atoms with Gasteiger partial charge in [0.15, 0.2) is 5.11 Å². The van der Waals surface area contributed by atoms with Crippen molar-refractivity contribution in [2.75, 3.05) is 0 Å². The smallest absolute Gasteiger partial charge is 0.375 e. The molecule has 0 atom stereocenters. The molecular formula is C10H10F3N3S. The second-order valence-electron chi connectivity index (χ2n) is 3.19. The predicted molar refractivity (Wildman–Crippen MR) is 63.6 cm³/mol. The summed E-state index contributed by atoms with van der Waals surface area (Å²) in [5, 5.41) is 2.86. The zero-order valence-corrected chi connectivity index (χ0v) is 9.48. The Hall–Kier alpha value is -1.63. The van der Waals surface area contributed by atoms with Crippen molar-refractivity contribution in [3.63, 3.8) is 0 Å². The van der Waals surface area contributed by atoms with E-state index < -0.39 is 11.9 Å². The van der Waals surface area contributed by atoms with Gasteiger partial charge in [-0.1, -0.05) is 30.3 Å². The summed E-state index contributed by atoms with van der Waals surface area (Å²) in [5.41, 5.74) is 6.51. The highest BCUT2D eigenvalue weighted by Gasteiger charge is 2.35. The molecule has 17 heavy (non-hydrogen) atoms. The summed E-state index contributed by atoms with van der Waals surface area (Å²) in [6.45, 7) is 0. The normalized spacial score (nSPS) is 12.3. The number of hydrogen-bond acceptors (Lipinski definition) is 2. The lowest BCUT2D eigenvalue weighted by atomic mass is 10.1. The van der Waals surface area contributed by atoms with Crippen LogP contribution < -0.4 is 11.2 Å². The molecule has 7 heteroatoms. The van der Waals surface area contributed by atoms with Crippen molar-refractivity contribution in [1.29, 1.82) is 0 Å². The van der Waals surface area contributed by atoms with Crippen LogP contribution in [0, 0.1) is 0 Å². The highest BCUT2D eigenvalue weighted by atomic mass is 32.1. The third-order valence-electron chi connectivity index (χ3n) is 1.84. The van der Waals surface area contributed by atoms with Crippen LogP contribution in [0.2, 0.25) is 0 Å². The van der Waals surface area contributed by atoms with E-state index in [0.29, 0.717) is 5.56 Å². The van der Waals surface area contributed by atoms with Gasteiger partial charge in [-0.25, -0.2) is 0 Å². The van der Waals surface area contributed by atoms with Crippen LogP contribution in [0.25, 0.3) is 0 Å². The Balaban J connectivity index is 2.86. The number of benzene rings is 1. The first-order valence-electron chi connectivity index (χ1n) is 4.62. The average molecular weight is 261 g/mol. The van der Waals surface area contributed by atoms with Gasteiger partial charge in [0.2, 0.25) is 0 Å². The molecule has 0 aliphatic heterocycles. The number of alkyl halides is 3. The molecule has 3 N–H and O–H groups in total. The lowest BCUT2D eigenvalue weighted by Gasteiger charge is -2.10. The van der Waals surface area contributed by atoms with E-state index >= 15 is 0 Å². The van der Waals surface area contributed by atoms with Gasteiger partial charge in [-0.05, 0) is 17.8 Å². The van der Waals surface area contributed by atoms with Crippen LogP contribution >= 0.6 is 12.2 Å². The molecule has 0 fully saturated rings. The van der Waals surface area contributed by atoms with Crippen LogP contribution in [-0.2, 0) is 6.42 Å². The molecule has 1 rings (SSSR count). The van der Waals surface area contributed by atoms with Crippen molar-refractivity contribution in [3.05, 3.63) is 35.9 Å². The summed E-state index contributed by atoms with van der Waals surface area (Å²) < 4.78 is 37.8. The number of nitrogens with two attached hydrogens (primary N) is 1. The standard InChI is InChI=1S/C10H10F3N3S/c11-10(12,13)8(15-16-9(14)17)6-7-4-2-1-3-5-7/h1-5H,6H2,(H3,14,16,17).